The highest BCUT2D eigenvalue weighted by atomic mass is 16.3. The Morgan fingerprint density at radius 1 is 0.511 bits per heavy atom. The van der Waals surface area contributed by atoms with Crippen LogP contribution < -0.4 is 0 Å². The molecule has 0 aliphatic rings. The van der Waals surface area contributed by atoms with Crippen molar-refractivity contribution in [3.05, 3.63) is 119 Å². The molecule has 7 aromatic rings. The van der Waals surface area contributed by atoms with Gasteiger partial charge in [0.05, 0.1) is 0 Å². The van der Waals surface area contributed by atoms with Crippen molar-refractivity contribution in [2.24, 2.45) is 0 Å². The number of furan rings is 2. The zero-order valence-corrected chi connectivity index (χ0v) is 28.2. The van der Waals surface area contributed by atoms with E-state index in [1.165, 1.54) is 54.9 Å². The van der Waals surface area contributed by atoms with Crippen LogP contribution in [0.1, 0.15) is 82.7 Å². The van der Waals surface area contributed by atoms with Gasteiger partial charge < -0.3 is 8.83 Å². The fourth-order valence-electron chi connectivity index (χ4n) is 7.55. The molecule has 5 aromatic carbocycles. The third kappa shape index (κ3) is 4.96. The van der Waals surface area contributed by atoms with E-state index in [2.05, 4.69) is 153 Å². The fraction of sp³-hybridized carbons (Fsp3) is 0.302. The molecule has 45 heavy (non-hydrogen) atoms. The molecule has 0 unspecified atom stereocenters. The second-order valence-electron chi connectivity index (χ2n) is 15.5. The summed E-state index contributed by atoms with van der Waals surface area (Å²) in [6, 6.07) is 33.3. The standard InChI is InChI=1S/C43H44O2/c1-26-16-19-28(20-17-26)30-12-10-13-33-34-23-29(24-36(41(3,4)5)40(34)45-38(30)33)42(6,7)25-43(8,9)35-15-11-14-32-31-21-18-27(2)22-37(31)44-39(32)35/h10-24H,25H2,1-9H3. The maximum Gasteiger partial charge on any atom is 0.143 e. The zero-order chi connectivity index (χ0) is 31.9. The predicted octanol–water partition coefficient (Wildman–Crippen LogP) is 12.7. The van der Waals surface area contributed by atoms with Gasteiger partial charge in [0.15, 0.2) is 0 Å². The molecule has 0 bridgehead atoms. The van der Waals surface area contributed by atoms with Gasteiger partial charge in [0.25, 0.3) is 0 Å². The lowest BCUT2D eigenvalue weighted by Crippen LogP contribution is -2.30. The minimum atomic E-state index is -0.139. The molecule has 2 aromatic heterocycles. The van der Waals surface area contributed by atoms with Crippen LogP contribution in [0.25, 0.3) is 55.0 Å². The third-order valence-electron chi connectivity index (χ3n) is 9.82. The smallest absolute Gasteiger partial charge is 0.143 e. The molecule has 0 fully saturated rings. The Morgan fingerprint density at radius 2 is 1.16 bits per heavy atom. The van der Waals surface area contributed by atoms with Crippen molar-refractivity contribution in [2.75, 3.05) is 0 Å². The highest BCUT2D eigenvalue weighted by Crippen LogP contribution is 2.47. The summed E-state index contributed by atoms with van der Waals surface area (Å²) in [4.78, 5) is 0. The van der Waals surface area contributed by atoms with Crippen LogP contribution in [0.4, 0.5) is 0 Å². The molecule has 228 valence electrons. The third-order valence-corrected chi connectivity index (χ3v) is 9.82. The number of hydrogen-bond acceptors (Lipinski definition) is 2. The van der Waals surface area contributed by atoms with Crippen molar-refractivity contribution in [1.82, 2.24) is 0 Å². The van der Waals surface area contributed by atoms with Crippen LogP contribution in [0.3, 0.4) is 0 Å². The minimum Gasteiger partial charge on any atom is -0.456 e. The van der Waals surface area contributed by atoms with Crippen LogP contribution >= 0.6 is 0 Å². The first-order chi connectivity index (χ1) is 21.2. The summed E-state index contributed by atoms with van der Waals surface area (Å²) in [5.41, 5.74) is 12.2. The molecule has 2 nitrogen and oxygen atoms in total. The van der Waals surface area contributed by atoms with Gasteiger partial charge in [0.2, 0.25) is 0 Å². The molecular formula is C43H44O2. The van der Waals surface area contributed by atoms with Gasteiger partial charge >= 0.3 is 0 Å². The van der Waals surface area contributed by atoms with Crippen LogP contribution in [0, 0.1) is 13.8 Å². The van der Waals surface area contributed by atoms with E-state index in [1.54, 1.807) is 0 Å². The first-order valence-corrected chi connectivity index (χ1v) is 16.2. The lowest BCUT2D eigenvalue weighted by Gasteiger charge is -2.36. The van der Waals surface area contributed by atoms with E-state index in [0.717, 1.165) is 34.3 Å². The number of fused-ring (bicyclic) bond motifs is 6. The van der Waals surface area contributed by atoms with E-state index in [9.17, 15) is 0 Å². The fourth-order valence-corrected chi connectivity index (χ4v) is 7.55. The highest BCUT2D eigenvalue weighted by Gasteiger charge is 2.35. The number of para-hydroxylation sites is 2. The number of hydrogen-bond donors (Lipinski definition) is 0. The maximum atomic E-state index is 6.84. The molecule has 0 N–H and O–H groups in total. The lowest BCUT2D eigenvalue weighted by atomic mass is 9.67. The van der Waals surface area contributed by atoms with E-state index in [4.69, 9.17) is 8.83 Å². The second-order valence-corrected chi connectivity index (χ2v) is 15.5. The quantitative estimate of drug-likeness (QED) is 0.199. The van der Waals surface area contributed by atoms with Crippen LogP contribution in [0.2, 0.25) is 0 Å². The number of rotatable bonds is 5. The van der Waals surface area contributed by atoms with Gasteiger partial charge in [-0.1, -0.05) is 133 Å². The topological polar surface area (TPSA) is 26.3 Å². The van der Waals surface area contributed by atoms with Gasteiger partial charge in [-0.3, -0.25) is 0 Å². The van der Waals surface area contributed by atoms with Crippen LogP contribution in [0.15, 0.2) is 99.8 Å². The predicted molar refractivity (Wildman–Crippen MR) is 192 cm³/mol. The van der Waals surface area contributed by atoms with Crippen LogP contribution in [-0.4, -0.2) is 0 Å². The van der Waals surface area contributed by atoms with Crippen LogP contribution in [0.5, 0.6) is 0 Å². The Kier molecular flexibility index (Phi) is 6.61. The summed E-state index contributed by atoms with van der Waals surface area (Å²) in [5, 5.41) is 4.75. The summed E-state index contributed by atoms with van der Waals surface area (Å²) in [6.45, 7) is 20.6. The first-order valence-electron chi connectivity index (χ1n) is 16.2. The first kappa shape index (κ1) is 29.4. The Labute approximate surface area is 267 Å². The van der Waals surface area contributed by atoms with Crippen molar-refractivity contribution in [1.29, 1.82) is 0 Å². The van der Waals surface area contributed by atoms with E-state index in [1.807, 2.05) is 0 Å². The van der Waals surface area contributed by atoms with E-state index in [-0.39, 0.29) is 16.2 Å². The van der Waals surface area contributed by atoms with Crippen molar-refractivity contribution >= 4 is 43.9 Å². The summed E-state index contributed by atoms with van der Waals surface area (Å²) < 4.78 is 13.4. The average Bonchev–Trinajstić information content (AvgIpc) is 3.53. The molecule has 0 atom stereocenters. The van der Waals surface area contributed by atoms with Crippen LogP contribution in [-0.2, 0) is 16.2 Å². The Hall–Kier alpha value is -4.30. The van der Waals surface area contributed by atoms with Gasteiger partial charge in [-0.15, -0.1) is 0 Å². The second kappa shape index (κ2) is 10.1. The average molecular weight is 593 g/mol. The summed E-state index contributed by atoms with van der Waals surface area (Å²) in [7, 11) is 0. The molecule has 0 radical (unpaired) electrons. The molecular weight excluding hydrogens is 548 g/mol. The van der Waals surface area contributed by atoms with Crippen molar-refractivity contribution in [3.8, 4) is 11.1 Å². The molecule has 7 rings (SSSR count). The van der Waals surface area contributed by atoms with Gasteiger partial charge in [0, 0.05) is 38.2 Å². The minimum absolute atomic E-state index is 0.0875. The molecule has 0 aliphatic heterocycles. The van der Waals surface area contributed by atoms with Gasteiger partial charge in [-0.05, 0) is 65.3 Å². The van der Waals surface area contributed by atoms with Crippen molar-refractivity contribution < 1.29 is 8.83 Å². The van der Waals surface area contributed by atoms with Gasteiger partial charge in [-0.25, -0.2) is 0 Å². The largest absolute Gasteiger partial charge is 0.456 e. The zero-order valence-electron chi connectivity index (χ0n) is 28.2. The maximum absolute atomic E-state index is 6.84. The molecule has 0 saturated heterocycles. The summed E-state index contributed by atoms with van der Waals surface area (Å²) >= 11 is 0. The van der Waals surface area contributed by atoms with E-state index < -0.39 is 0 Å². The lowest BCUT2D eigenvalue weighted by molar-refractivity contribution is 0.348. The molecule has 0 saturated carbocycles. The number of benzene rings is 5. The summed E-state index contributed by atoms with van der Waals surface area (Å²) in [5.74, 6) is 0. The Morgan fingerprint density at radius 3 is 1.87 bits per heavy atom. The molecule has 2 heteroatoms. The van der Waals surface area contributed by atoms with E-state index >= 15 is 0 Å². The molecule has 2 heterocycles. The van der Waals surface area contributed by atoms with Gasteiger partial charge in [-0.2, -0.15) is 0 Å². The molecule has 0 spiro atoms. The summed E-state index contributed by atoms with van der Waals surface area (Å²) in [6.07, 6.45) is 0.953. The molecule has 0 aliphatic carbocycles. The Bertz CT molecular complexity index is 2230. The normalized spacial score (nSPS) is 13.1. The number of aryl methyl sites for hydroxylation is 2. The Balaban J connectivity index is 1.37. The van der Waals surface area contributed by atoms with Gasteiger partial charge in [0.1, 0.15) is 22.3 Å². The van der Waals surface area contributed by atoms with Crippen molar-refractivity contribution in [2.45, 2.75) is 85.0 Å². The SMILES string of the molecule is Cc1ccc(-c2cccc3c2oc2c(C(C)(C)C)cc(C(C)(C)CC(C)(C)c4cccc5c4oc4cc(C)ccc45)cc23)cc1. The molecule has 0 amide bonds. The monoisotopic (exact) mass is 592 g/mol. The highest BCUT2D eigenvalue weighted by molar-refractivity contribution is 6.11. The van der Waals surface area contributed by atoms with Crippen molar-refractivity contribution in [3.63, 3.8) is 0 Å². The van der Waals surface area contributed by atoms with E-state index in [0.29, 0.717) is 0 Å².